The van der Waals surface area contributed by atoms with Crippen molar-refractivity contribution in [2.75, 3.05) is 40.8 Å². The van der Waals surface area contributed by atoms with Crippen molar-refractivity contribution in [1.82, 2.24) is 30.3 Å². The van der Waals surface area contributed by atoms with Crippen molar-refractivity contribution in [3.8, 4) is 0 Å². The molecule has 0 radical (unpaired) electrons. The summed E-state index contributed by atoms with van der Waals surface area (Å²) >= 11 is 0. The number of aliphatic imine (C=N–C) groups is 1. The maximum atomic E-state index is 14.3. The van der Waals surface area contributed by atoms with Gasteiger partial charge in [-0.05, 0) is 39.1 Å². The number of likely N-dealkylation sites (tertiary alicyclic amines) is 1. The fourth-order valence-electron chi connectivity index (χ4n) is 3.67. The number of halogens is 3. The Morgan fingerprint density at radius 1 is 1.31 bits per heavy atom. The average molecular weight is 519 g/mol. The molecule has 2 heterocycles. The average Bonchev–Trinajstić information content (AvgIpc) is 3.21. The molecule has 29 heavy (non-hydrogen) atoms. The lowest BCUT2D eigenvalue weighted by Gasteiger charge is -2.34. The zero-order chi connectivity index (χ0) is 20.1. The van der Waals surface area contributed by atoms with Gasteiger partial charge in [0.1, 0.15) is 23.8 Å². The number of aromatic amines is 1. The zero-order valence-electron chi connectivity index (χ0n) is 16.9. The molecule has 1 aromatic carbocycles. The third-order valence-corrected chi connectivity index (χ3v) is 5.24. The van der Waals surface area contributed by atoms with Crippen LogP contribution in [0.2, 0.25) is 0 Å². The van der Waals surface area contributed by atoms with Crippen molar-refractivity contribution < 1.29 is 8.78 Å². The molecule has 1 unspecified atom stereocenters. The van der Waals surface area contributed by atoms with E-state index < -0.39 is 17.7 Å². The molecule has 7 nitrogen and oxygen atoms in total. The Bertz CT molecular complexity index is 770. The van der Waals surface area contributed by atoms with E-state index >= 15 is 0 Å². The largest absolute Gasteiger partial charge is 0.354 e. The lowest BCUT2D eigenvalue weighted by molar-refractivity contribution is 0.270. The number of piperidine rings is 1. The number of aromatic nitrogens is 3. The molecule has 10 heteroatoms. The van der Waals surface area contributed by atoms with Crippen LogP contribution < -0.4 is 5.32 Å². The van der Waals surface area contributed by atoms with Crippen molar-refractivity contribution in [3.63, 3.8) is 0 Å². The highest BCUT2D eigenvalue weighted by Gasteiger charge is 2.26. The molecule has 0 bridgehead atoms. The number of guanidine groups is 1. The van der Waals surface area contributed by atoms with E-state index in [-0.39, 0.29) is 29.5 Å². The standard InChI is InChI=1S/C19H27F2N7.HI/c1-22-19(28-9-7-13(8-10-28)18-24-12-25-26-18)23-11-16(27(2)3)17-14(20)5-4-6-15(17)21;/h4-6,12-13,16H,7-11H2,1-3H3,(H,22,23)(H,24,25,26);1H. The predicted molar refractivity (Wildman–Crippen MR) is 119 cm³/mol. The quantitative estimate of drug-likeness (QED) is 0.361. The number of nitrogens with zero attached hydrogens (tertiary/aromatic N) is 5. The van der Waals surface area contributed by atoms with Crippen LogP contribution in [-0.4, -0.2) is 71.7 Å². The maximum Gasteiger partial charge on any atom is 0.193 e. The number of likely N-dealkylation sites (N-methyl/N-ethyl adjacent to an activating group) is 1. The summed E-state index contributed by atoms with van der Waals surface area (Å²) in [4.78, 5) is 12.6. The third-order valence-electron chi connectivity index (χ3n) is 5.24. The summed E-state index contributed by atoms with van der Waals surface area (Å²) in [6, 6.07) is 3.51. The van der Waals surface area contributed by atoms with Gasteiger partial charge in [0.2, 0.25) is 0 Å². The number of H-pyrrole nitrogens is 1. The van der Waals surface area contributed by atoms with Gasteiger partial charge in [0.15, 0.2) is 5.96 Å². The summed E-state index contributed by atoms with van der Waals surface area (Å²) in [5, 5.41) is 10.2. The molecule has 0 saturated carbocycles. The molecule has 1 aromatic heterocycles. The van der Waals surface area contributed by atoms with Crippen LogP contribution in [0.4, 0.5) is 8.78 Å². The Kier molecular flexibility index (Phi) is 8.75. The molecular weight excluding hydrogens is 491 g/mol. The molecule has 2 N–H and O–H groups in total. The molecule has 1 fully saturated rings. The number of hydrogen-bond donors (Lipinski definition) is 2. The molecule has 1 atom stereocenters. The van der Waals surface area contributed by atoms with Crippen LogP contribution in [0, 0.1) is 11.6 Å². The van der Waals surface area contributed by atoms with Crippen LogP contribution in [0.15, 0.2) is 29.5 Å². The lowest BCUT2D eigenvalue weighted by atomic mass is 9.96. The summed E-state index contributed by atoms with van der Waals surface area (Å²) < 4.78 is 28.5. The van der Waals surface area contributed by atoms with Gasteiger partial charge < -0.3 is 15.1 Å². The molecular formula is C19H28F2IN7. The second kappa shape index (κ2) is 10.8. The van der Waals surface area contributed by atoms with Crippen molar-refractivity contribution in [2.24, 2.45) is 4.99 Å². The predicted octanol–water partition coefficient (Wildman–Crippen LogP) is 2.76. The second-order valence-corrected chi connectivity index (χ2v) is 7.17. The minimum atomic E-state index is -0.539. The van der Waals surface area contributed by atoms with Crippen molar-refractivity contribution in [3.05, 3.63) is 47.5 Å². The summed E-state index contributed by atoms with van der Waals surface area (Å²) in [6.45, 7) is 2.00. The van der Waals surface area contributed by atoms with E-state index in [1.807, 2.05) is 14.1 Å². The van der Waals surface area contributed by atoms with Crippen LogP contribution in [0.25, 0.3) is 0 Å². The van der Waals surface area contributed by atoms with Crippen LogP contribution >= 0.6 is 24.0 Å². The second-order valence-electron chi connectivity index (χ2n) is 7.17. The highest BCUT2D eigenvalue weighted by molar-refractivity contribution is 14.0. The first-order valence-corrected chi connectivity index (χ1v) is 9.42. The summed E-state index contributed by atoms with van der Waals surface area (Å²) in [7, 11) is 5.34. The van der Waals surface area contributed by atoms with Gasteiger partial charge in [0, 0.05) is 38.2 Å². The first-order chi connectivity index (χ1) is 13.5. The Morgan fingerprint density at radius 3 is 2.48 bits per heavy atom. The third kappa shape index (κ3) is 5.62. The van der Waals surface area contributed by atoms with Crippen molar-refractivity contribution >= 4 is 29.9 Å². The molecule has 0 aliphatic carbocycles. The van der Waals surface area contributed by atoms with Gasteiger partial charge in [0.25, 0.3) is 0 Å². The molecule has 2 aromatic rings. The topological polar surface area (TPSA) is 72.4 Å². The maximum absolute atomic E-state index is 14.3. The van der Waals surface area contributed by atoms with Gasteiger partial charge in [-0.1, -0.05) is 6.07 Å². The Balaban J connectivity index is 0.00000300. The fourth-order valence-corrected chi connectivity index (χ4v) is 3.67. The van der Waals surface area contributed by atoms with Crippen LogP contribution in [0.1, 0.15) is 36.2 Å². The number of rotatable bonds is 5. The zero-order valence-corrected chi connectivity index (χ0v) is 19.2. The van der Waals surface area contributed by atoms with Gasteiger partial charge >= 0.3 is 0 Å². The number of nitrogens with one attached hydrogen (secondary N) is 2. The van der Waals surface area contributed by atoms with Gasteiger partial charge in [-0.2, -0.15) is 5.10 Å². The summed E-state index contributed by atoms with van der Waals surface area (Å²) in [5.41, 5.74) is 0.0690. The fraction of sp³-hybridized carbons (Fsp3) is 0.526. The smallest absolute Gasteiger partial charge is 0.193 e. The number of benzene rings is 1. The Labute approximate surface area is 187 Å². The van der Waals surface area contributed by atoms with E-state index in [1.165, 1.54) is 24.5 Å². The van der Waals surface area contributed by atoms with Gasteiger partial charge in [0.05, 0.1) is 6.04 Å². The van der Waals surface area contributed by atoms with Crippen LogP contribution in [-0.2, 0) is 0 Å². The van der Waals surface area contributed by atoms with E-state index in [0.717, 1.165) is 37.7 Å². The Hall–Kier alpha value is -1.82. The Morgan fingerprint density at radius 2 is 1.97 bits per heavy atom. The van der Waals surface area contributed by atoms with Crippen LogP contribution in [0.5, 0.6) is 0 Å². The molecule has 1 saturated heterocycles. The van der Waals surface area contributed by atoms with Crippen molar-refractivity contribution in [1.29, 1.82) is 0 Å². The lowest BCUT2D eigenvalue weighted by Crippen LogP contribution is -2.47. The highest BCUT2D eigenvalue weighted by atomic mass is 127. The molecule has 3 rings (SSSR count). The van der Waals surface area contributed by atoms with Crippen LogP contribution in [0.3, 0.4) is 0 Å². The molecule has 1 aliphatic heterocycles. The minimum absolute atomic E-state index is 0. The molecule has 0 spiro atoms. The number of hydrogen-bond acceptors (Lipinski definition) is 4. The minimum Gasteiger partial charge on any atom is -0.354 e. The van der Waals surface area contributed by atoms with E-state index in [4.69, 9.17) is 0 Å². The molecule has 160 valence electrons. The highest BCUT2D eigenvalue weighted by Crippen LogP contribution is 2.26. The van der Waals surface area contributed by atoms with E-state index in [0.29, 0.717) is 12.5 Å². The van der Waals surface area contributed by atoms with E-state index in [9.17, 15) is 8.78 Å². The molecule has 0 amide bonds. The summed E-state index contributed by atoms with van der Waals surface area (Å²) in [5.74, 6) is 0.940. The van der Waals surface area contributed by atoms with Crippen molar-refractivity contribution in [2.45, 2.75) is 24.8 Å². The van der Waals surface area contributed by atoms with Gasteiger partial charge in [-0.15, -0.1) is 24.0 Å². The molecule has 1 aliphatic rings. The summed E-state index contributed by atoms with van der Waals surface area (Å²) in [6.07, 6.45) is 3.41. The van der Waals surface area contributed by atoms with E-state index in [1.54, 1.807) is 11.9 Å². The van der Waals surface area contributed by atoms with Gasteiger partial charge in [-0.25, -0.2) is 13.8 Å². The SMILES string of the molecule is CN=C(NCC(c1c(F)cccc1F)N(C)C)N1CCC(c2ncn[nH]2)CC1.I. The van der Waals surface area contributed by atoms with E-state index in [2.05, 4.69) is 30.4 Å². The first-order valence-electron chi connectivity index (χ1n) is 9.42. The first kappa shape index (κ1) is 23.5. The monoisotopic (exact) mass is 519 g/mol. The van der Waals surface area contributed by atoms with Gasteiger partial charge in [-0.3, -0.25) is 10.1 Å². The normalized spacial score (nSPS) is 16.6.